The number of benzene rings is 1. The number of carbonyl (C=O) groups excluding carboxylic acids is 1. The van der Waals surface area contributed by atoms with Crippen molar-refractivity contribution in [2.45, 2.75) is 26.8 Å². The highest BCUT2D eigenvalue weighted by Gasteiger charge is 2.14. The number of nitrogens with one attached hydrogen (secondary N) is 1. The Morgan fingerprint density at radius 1 is 1.40 bits per heavy atom. The highest BCUT2D eigenvalue weighted by atomic mass is 35.5. The molecule has 1 amide bonds. The highest BCUT2D eigenvalue weighted by molar-refractivity contribution is 6.33. The second-order valence-electron chi connectivity index (χ2n) is 4.71. The molecule has 20 heavy (non-hydrogen) atoms. The van der Waals surface area contributed by atoms with Crippen molar-refractivity contribution in [1.29, 1.82) is 0 Å². The van der Waals surface area contributed by atoms with Gasteiger partial charge in [-0.3, -0.25) is 4.79 Å². The van der Waals surface area contributed by atoms with Gasteiger partial charge in [0.25, 0.3) is 0 Å². The Morgan fingerprint density at radius 3 is 2.50 bits per heavy atom. The van der Waals surface area contributed by atoms with Crippen molar-refractivity contribution < 1.29 is 14.7 Å². The fourth-order valence-electron chi connectivity index (χ4n) is 1.80. The predicted octanol–water partition coefficient (Wildman–Crippen LogP) is 2.39. The number of hydrogen-bond donors (Lipinski definition) is 2. The van der Waals surface area contributed by atoms with Gasteiger partial charge in [0.05, 0.1) is 17.1 Å². The van der Waals surface area contributed by atoms with Gasteiger partial charge in [-0.05, 0) is 39.0 Å². The number of amides is 1. The Kier molecular flexibility index (Phi) is 5.82. The van der Waals surface area contributed by atoms with Crippen LogP contribution in [-0.4, -0.2) is 36.1 Å². The molecule has 0 saturated carbocycles. The van der Waals surface area contributed by atoms with Crippen LogP contribution >= 0.6 is 11.6 Å². The molecule has 0 fully saturated rings. The summed E-state index contributed by atoms with van der Waals surface area (Å²) in [5.74, 6) is -1.15. The summed E-state index contributed by atoms with van der Waals surface area (Å²) in [6.07, 6.45) is 0. The quantitative estimate of drug-likeness (QED) is 0.846. The molecular formula is C14H19ClN2O3. The average Bonchev–Trinajstić information content (AvgIpc) is 2.34. The van der Waals surface area contributed by atoms with Gasteiger partial charge < -0.3 is 15.3 Å². The number of aromatic carboxylic acids is 1. The number of likely N-dealkylation sites (N-methyl/N-ethyl adjacent to an activating group) is 1. The van der Waals surface area contributed by atoms with Gasteiger partial charge in [0.15, 0.2) is 0 Å². The molecular weight excluding hydrogens is 280 g/mol. The first kappa shape index (κ1) is 16.3. The van der Waals surface area contributed by atoms with E-state index in [9.17, 15) is 9.59 Å². The van der Waals surface area contributed by atoms with Crippen molar-refractivity contribution in [2.24, 2.45) is 0 Å². The molecule has 0 spiro atoms. The molecule has 1 rings (SSSR count). The summed E-state index contributed by atoms with van der Waals surface area (Å²) >= 11 is 5.94. The van der Waals surface area contributed by atoms with E-state index in [1.807, 2.05) is 25.7 Å². The third kappa shape index (κ3) is 4.42. The molecule has 0 aliphatic carbocycles. The molecule has 0 unspecified atom stereocenters. The van der Waals surface area contributed by atoms with Crippen LogP contribution in [0.1, 0.15) is 31.1 Å². The minimum absolute atomic E-state index is 0.0538. The van der Waals surface area contributed by atoms with E-state index in [1.54, 1.807) is 12.1 Å². The number of carboxylic acids is 1. The zero-order chi connectivity index (χ0) is 15.3. The molecule has 1 aromatic carbocycles. The first-order chi connectivity index (χ1) is 9.35. The first-order valence-electron chi connectivity index (χ1n) is 6.42. The number of nitrogens with zero attached hydrogens (tertiary/aromatic N) is 1. The molecule has 0 radical (unpaired) electrons. The molecule has 110 valence electrons. The van der Waals surface area contributed by atoms with Gasteiger partial charge in [0.2, 0.25) is 5.91 Å². The van der Waals surface area contributed by atoms with Crippen molar-refractivity contribution in [3.8, 4) is 0 Å². The Bertz CT molecular complexity index is 503. The first-order valence-corrected chi connectivity index (χ1v) is 6.80. The van der Waals surface area contributed by atoms with E-state index in [0.29, 0.717) is 6.54 Å². The normalized spacial score (nSPS) is 10.4. The number of anilines is 1. The maximum absolute atomic E-state index is 11.8. The van der Waals surface area contributed by atoms with Crippen molar-refractivity contribution in [2.75, 3.05) is 18.0 Å². The van der Waals surface area contributed by atoms with E-state index in [0.717, 1.165) is 5.69 Å². The lowest BCUT2D eigenvalue weighted by Gasteiger charge is -2.23. The van der Waals surface area contributed by atoms with E-state index in [1.165, 1.54) is 6.07 Å². The maximum atomic E-state index is 11.8. The van der Waals surface area contributed by atoms with E-state index in [2.05, 4.69) is 5.32 Å². The molecule has 0 heterocycles. The monoisotopic (exact) mass is 298 g/mol. The van der Waals surface area contributed by atoms with Crippen LogP contribution in [0.4, 0.5) is 5.69 Å². The molecule has 0 bridgehead atoms. The van der Waals surface area contributed by atoms with Gasteiger partial charge >= 0.3 is 5.97 Å². The minimum Gasteiger partial charge on any atom is -0.478 e. The number of rotatable bonds is 6. The van der Waals surface area contributed by atoms with Crippen molar-refractivity contribution >= 4 is 29.2 Å². The lowest BCUT2D eigenvalue weighted by atomic mass is 10.2. The minimum atomic E-state index is -1.07. The largest absolute Gasteiger partial charge is 0.478 e. The second kappa shape index (κ2) is 7.14. The molecule has 6 heteroatoms. The summed E-state index contributed by atoms with van der Waals surface area (Å²) in [5.41, 5.74) is 0.777. The summed E-state index contributed by atoms with van der Waals surface area (Å²) in [6, 6.07) is 4.75. The van der Waals surface area contributed by atoms with Crippen LogP contribution < -0.4 is 10.2 Å². The zero-order valence-corrected chi connectivity index (χ0v) is 12.6. The molecule has 2 N–H and O–H groups in total. The molecule has 5 nitrogen and oxygen atoms in total. The fraction of sp³-hybridized carbons (Fsp3) is 0.429. The third-order valence-electron chi connectivity index (χ3n) is 2.71. The Hall–Kier alpha value is -1.75. The third-order valence-corrected chi connectivity index (χ3v) is 3.03. The molecule has 0 saturated heterocycles. The van der Waals surface area contributed by atoms with Crippen molar-refractivity contribution in [1.82, 2.24) is 5.32 Å². The van der Waals surface area contributed by atoms with Crippen LogP contribution in [0.5, 0.6) is 0 Å². The standard InChI is InChI=1S/C14H19ClN2O3/c1-4-17(8-13(18)16-9(2)3)10-5-6-11(14(19)20)12(15)7-10/h5-7,9H,4,8H2,1-3H3,(H,16,18)(H,19,20). The Morgan fingerprint density at radius 2 is 2.05 bits per heavy atom. The van der Waals surface area contributed by atoms with E-state index >= 15 is 0 Å². The summed E-state index contributed by atoms with van der Waals surface area (Å²) in [5, 5.41) is 11.9. The van der Waals surface area contributed by atoms with Crippen LogP contribution in [0, 0.1) is 0 Å². The van der Waals surface area contributed by atoms with E-state index in [-0.39, 0.29) is 29.1 Å². The molecule has 0 atom stereocenters. The number of hydrogen-bond acceptors (Lipinski definition) is 3. The van der Waals surface area contributed by atoms with Crippen LogP contribution in [0.3, 0.4) is 0 Å². The lowest BCUT2D eigenvalue weighted by molar-refractivity contribution is -0.120. The van der Waals surface area contributed by atoms with Crippen LogP contribution in [0.25, 0.3) is 0 Å². The molecule has 0 aromatic heterocycles. The maximum Gasteiger partial charge on any atom is 0.337 e. The number of carboxylic acid groups (broad SMARTS) is 1. The Labute approximate surface area is 123 Å². The number of halogens is 1. The Balaban J connectivity index is 2.88. The fourth-order valence-corrected chi connectivity index (χ4v) is 2.06. The summed E-state index contributed by atoms with van der Waals surface area (Å²) in [6.45, 7) is 6.53. The topological polar surface area (TPSA) is 69.6 Å². The SMILES string of the molecule is CCN(CC(=O)NC(C)C)c1ccc(C(=O)O)c(Cl)c1. The van der Waals surface area contributed by atoms with Crippen molar-refractivity contribution in [3.05, 3.63) is 28.8 Å². The van der Waals surface area contributed by atoms with Crippen LogP contribution in [-0.2, 0) is 4.79 Å². The van der Waals surface area contributed by atoms with Gasteiger partial charge in [0.1, 0.15) is 0 Å². The van der Waals surface area contributed by atoms with Gasteiger partial charge in [-0.15, -0.1) is 0 Å². The predicted molar refractivity (Wildman–Crippen MR) is 79.6 cm³/mol. The van der Waals surface area contributed by atoms with E-state index < -0.39 is 5.97 Å². The van der Waals surface area contributed by atoms with Crippen LogP contribution in [0.2, 0.25) is 5.02 Å². The summed E-state index contributed by atoms with van der Waals surface area (Å²) in [4.78, 5) is 24.5. The molecule has 0 aliphatic rings. The number of carbonyl (C=O) groups is 2. The lowest BCUT2D eigenvalue weighted by Crippen LogP contribution is -2.40. The van der Waals surface area contributed by atoms with Gasteiger partial charge in [-0.1, -0.05) is 11.6 Å². The van der Waals surface area contributed by atoms with Gasteiger partial charge in [-0.2, -0.15) is 0 Å². The molecule has 1 aromatic rings. The van der Waals surface area contributed by atoms with Gasteiger partial charge in [0, 0.05) is 18.3 Å². The van der Waals surface area contributed by atoms with Crippen LogP contribution in [0.15, 0.2) is 18.2 Å². The average molecular weight is 299 g/mol. The second-order valence-corrected chi connectivity index (χ2v) is 5.11. The van der Waals surface area contributed by atoms with Gasteiger partial charge in [-0.25, -0.2) is 4.79 Å². The highest BCUT2D eigenvalue weighted by Crippen LogP contribution is 2.23. The molecule has 0 aliphatic heterocycles. The smallest absolute Gasteiger partial charge is 0.337 e. The summed E-state index contributed by atoms with van der Waals surface area (Å²) in [7, 11) is 0. The summed E-state index contributed by atoms with van der Waals surface area (Å²) < 4.78 is 0. The van der Waals surface area contributed by atoms with Crippen molar-refractivity contribution in [3.63, 3.8) is 0 Å². The van der Waals surface area contributed by atoms with E-state index in [4.69, 9.17) is 16.7 Å². The zero-order valence-electron chi connectivity index (χ0n) is 11.8.